The quantitative estimate of drug-likeness (QED) is 0.424. The van der Waals surface area contributed by atoms with E-state index in [-0.39, 0.29) is 11.4 Å². The summed E-state index contributed by atoms with van der Waals surface area (Å²) in [5.41, 5.74) is 1.76. The van der Waals surface area contributed by atoms with Crippen molar-refractivity contribution in [2.24, 2.45) is 0 Å². The van der Waals surface area contributed by atoms with E-state index in [1.807, 2.05) is 12.1 Å². The van der Waals surface area contributed by atoms with Gasteiger partial charge >= 0.3 is 0 Å². The van der Waals surface area contributed by atoms with Crippen molar-refractivity contribution >= 4 is 27.3 Å². The third-order valence-electron chi connectivity index (χ3n) is 3.65. The molecule has 0 saturated carbocycles. The van der Waals surface area contributed by atoms with E-state index in [0.717, 1.165) is 5.69 Å². The molecule has 11 heteroatoms. The lowest BCUT2D eigenvalue weighted by Crippen LogP contribution is -2.29. The van der Waals surface area contributed by atoms with Gasteiger partial charge in [0.25, 0.3) is 0 Å². The molecule has 3 aromatic rings. The molecule has 0 aromatic carbocycles. The third kappa shape index (κ3) is 4.77. The van der Waals surface area contributed by atoms with Crippen LogP contribution in [-0.4, -0.2) is 46.9 Å². The summed E-state index contributed by atoms with van der Waals surface area (Å²) >= 11 is 0. The Morgan fingerprint density at radius 1 is 1.07 bits per heavy atom. The number of nitrogens with zero attached hydrogens (tertiary/aromatic N) is 4. The molecule has 0 atom stereocenters. The van der Waals surface area contributed by atoms with Gasteiger partial charge in [-0.2, -0.15) is 5.10 Å². The molecule has 142 valence electrons. The van der Waals surface area contributed by atoms with Gasteiger partial charge in [-0.05, 0) is 38.1 Å². The lowest BCUT2D eigenvalue weighted by atomic mass is 10.4. The van der Waals surface area contributed by atoms with Crippen molar-refractivity contribution in [3.63, 3.8) is 0 Å². The highest BCUT2D eigenvalue weighted by molar-refractivity contribution is 7.89. The maximum absolute atomic E-state index is 12.3. The molecule has 0 saturated heterocycles. The first-order valence-corrected chi connectivity index (χ1v) is 9.70. The van der Waals surface area contributed by atoms with Crippen molar-refractivity contribution in [3.05, 3.63) is 48.0 Å². The number of H-pyrrole nitrogens is 1. The topological polar surface area (TPSA) is 138 Å². The zero-order chi connectivity index (χ0) is 19.3. The fourth-order valence-electron chi connectivity index (χ4n) is 2.46. The Hall–Kier alpha value is -3.05. The molecule has 27 heavy (non-hydrogen) atoms. The van der Waals surface area contributed by atoms with Crippen molar-refractivity contribution < 1.29 is 8.42 Å². The van der Waals surface area contributed by atoms with E-state index < -0.39 is 10.0 Å². The minimum absolute atomic E-state index is 0.188. The van der Waals surface area contributed by atoms with E-state index in [4.69, 9.17) is 0 Å². The first-order chi connectivity index (χ1) is 13.0. The Morgan fingerprint density at radius 2 is 1.85 bits per heavy atom. The van der Waals surface area contributed by atoms with E-state index in [2.05, 4.69) is 40.7 Å². The first-order valence-electron chi connectivity index (χ1n) is 8.21. The minimum Gasteiger partial charge on any atom is -0.367 e. The molecule has 3 rings (SSSR count). The fraction of sp³-hybridized carbons (Fsp3) is 0.250. The summed E-state index contributed by atoms with van der Waals surface area (Å²) in [4.78, 5) is 4.20. The molecule has 0 radical (unpaired) electrons. The van der Waals surface area contributed by atoms with Gasteiger partial charge in [0, 0.05) is 19.3 Å². The smallest absolute Gasteiger partial charge is 0.244 e. The maximum Gasteiger partial charge on any atom is 0.244 e. The predicted molar refractivity (Wildman–Crippen MR) is 101 cm³/mol. The number of aromatic amines is 1. The molecule has 0 aliphatic heterocycles. The van der Waals surface area contributed by atoms with E-state index in [1.165, 1.54) is 0 Å². The molecule has 4 N–H and O–H groups in total. The number of anilines is 3. The van der Waals surface area contributed by atoms with Gasteiger partial charge in [0.05, 0.1) is 23.3 Å². The van der Waals surface area contributed by atoms with Gasteiger partial charge in [-0.1, -0.05) is 0 Å². The summed E-state index contributed by atoms with van der Waals surface area (Å²) in [6, 6.07) is 7.21. The summed E-state index contributed by atoms with van der Waals surface area (Å²) in [7, 11) is -3.61. The largest absolute Gasteiger partial charge is 0.367 e. The van der Waals surface area contributed by atoms with Crippen LogP contribution in [0.1, 0.15) is 11.4 Å². The summed E-state index contributed by atoms with van der Waals surface area (Å²) in [5, 5.41) is 20.8. The highest BCUT2D eigenvalue weighted by Crippen LogP contribution is 2.16. The number of aryl methyl sites for hydroxylation is 2. The van der Waals surface area contributed by atoms with Crippen LogP contribution in [0.2, 0.25) is 0 Å². The van der Waals surface area contributed by atoms with Crippen molar-refractivity contribution in [2.45, 2.75) is 18.7 Å². The van der Waals surface area contributed by atoms with E-state index >= 15 is 0 Å². The molecular weight excluding hydrogens is 368 g/mol. The summed E-state index contributed by atoms with van der Waals surface area (Å²) in [6.45, 7) is 3.87. The van der Waals surface area contributed by atoms with Crippen LogP contribution in [0.15, 0.2) is 41.6 Å². The average molecular weight is 388 g/mol. The maximum atomic E-state index is 12.3. The number of pyridine rings is 1. The number of nitrogens with one attached hydrogen (secondary N) is 4. The zero-order valence-electron chi connectivity index (χ0n) is 14.9. The molecule has 0 bridgehead atoms. The van der Waals surface area contributed by atoms with Crippen molar-refractivity contribution in [3.8, 4) is 0 Å². The predicted octanol–water partition coefficient (Wildman–Crippen LogP) is 1.35. The molecular formula is C16H20N8O2S. The third-order valence-corrected chi connectivity index (χ3v) is 5.37. The van der Waals surface area contributed by atoms with Crippen LogP contribution < -0.4 is 15.4 Å². The number of rotatable bonds is 8. The summed E-state index contributed by atoms with van der Waals surface area (Å²) in [6.07, 6.45) is 3.37. The van der Waals surface area contributed by atoms with Crippen molar-refractivity contribution in [1.82, 2.24) is 30.1 Å². The van der Waals surface area contributed by atoms with Crippen LogP contribution in [0, 0.1) is 13.8 Å². The Balaban J connectivity index is 1.49. The number of hydrogen-bond acceptors (Lipinski definition) is 8. The number of aromatic nitrogens is 5. The average Bonchev–Trinajstić information content (AvgIpc) is 3.00. The zero-order valence-corrected chi connectivity index (χ0v) is 15.7. The van der Waals surface area contributed by atoms with Gasteiger partial charge in [0.2, 0.25) is 10.0 Å². The van der Waals surface area contributed by atoms with E-state index in [0.29, 0.717) is 29.6 Å². The second-order valence-corrected chi connectivity index (χ2v) is 7.46. The Morgan fingerprint density at radius 3 is 2.48 bits per heavy atom. The molecule has 0 amide bonds. The fourth-order valence-corrected chi connectivity index (χ4v) is 3.86. The Labute approximate surface area is 156 Å². The molecule has 0 spiro atoms. The Bertz CT molecular complexity index is 968. The van der Waals surface area contributed by atoms with Gasteiger partial charge in [-0.25, -0.2) is 13.1 Å². The second kappa shape index (κ2) is 8.10. The summed E-state index contributed by atoms with van der Waals surface area (Å²) < 4.78 is 27.2. The molecule has 3 heterocycles. The van der Waals surface area contributed by atoms with Crippen LogP contribution in [0.25, 0.3) is 0 Å². The van der Waals surface area contributed by atoms with Crippen molar-refractivity contribution in [2.75, 3.05) is 23.7 Å². The standard InChI is InChI=1S/C16H20N8O2S/c1-11-16(12(2)22-21-11)27(25,26)19-9-8-18-14-5-6-15(24-23-14)20-13-4-3-7-17-10-13/h3-7,10,19H,8-9H2,1-2H3,(H,18,23)(H,20,24)(H,21,22). The highest BCUT2D eigenvalue weighted by Gasteiger charge is 2.21. The van der Waals surface area contributed by atoms with Gasteiger partial charge < -0.3 is 10.6 Å². The van der Waals surface area contributed by atoms with Crippen LogP contribution in [0.4, 0.5) is 17.3 Å². The van der Waals surface area contributed by atoms with Gasteiger partial charge in [-0.3, -0.25) is 10.1 Å². The highest BCUT2D eigenvalue weighted by atomic mass is 32.2. The van der Waals surface area contributed by atoms with Crippen molar-refractivity contribution in [1.29, 1.82) is 0 Å². The van der Waals surface area contributed by atoms with Crippen LogP contribution in [0.3, 0.4) is 0 Å². The van der Waals surface area contributed by atoms with Crippen LogP contribution in [-0.2, 0) is 10.0 Å². The molecule has 0 aliphatic carbocycles. The first kappa shape index (κ1) is 18.7. The van der Waals surface area contributed by atoms with E-state index in [9.17, 15) is 8.42 Å². The van der Waals surface area contributed by atoms with Crippen LogP contribution >= 0.6 is 0 Å². The number of sulfonamides is 1. The Kier molecular flexibility index (Phi) is 5.62. The number of hydrogen-bond donors (Lipinski definition) is 4. The monoisotopic (exact) mass is 388 g/mol. The summed E-state index contributed by atoms with van der Waals surface area (Å²) in [5.74, 6) is 1.13. The second-order valence-electron chi connectivity index (χ2n) is 5.76. The van der Waals surface area contributed by atoms with Gasteiger partial charge in [-0.15, -0.1) is 10.2 Å². The van der Waals surface area contributed by atoms with Gasteiger partial charge in [0.15, 0.2) is 5.82 Å². The lowest BCUT2D eigenvalue weighted by molar-refractivity contribution is 0.581. The SMILES string of the molecule is Cc1n[nH]c(C)c1S(=O)(=O)NCCNc1ccc(Nc2cccnc2)nn1. The van der Waals surface area contributed by atoms with Gasteiger partial charge in [0.1, 0.15) is 10.7 Å². The molecule has 10 nitrogen and oxygen atoms in total. The van der Waals surface area contributed by atoms with E-state index in [1.54, 1.807) is 38.4 Å². The van der Waals surface area contributed by atoms with Crippen LogP contribution in [0.5, 0.6) is 0 Å². The minimum atomic E-state index is -3.61. The molecule has 0 unspecified atom stereocenters. The normalized spacial score (nSPS) is 11.3. The molecule has 3 aromatic heterocycles. The molecule has 0 fully saturated rings. The molecule has 0 aliphatic rings. The lowest BCUT2D eigenvalue weighted by Gasteiger charge is -2.09.